The number of piperidine rings is 1. The lowest BCUT2D eigenvalue weighted by Crippen LogP contribution is -2.39. The van der Waals surface area contributed by atoms with Crippen LogP contribution in [0.25, 0.3) is 11.0 Å². The van der Waals surface area contributed by atoms with E-state index in [9.17, 15) is 0 Å². The minimum Gasteiger partial charge on any atom is -0.459 e. The minimum absolute atomic E-state index is 0.424. The van der Waals surface area contributed by atoms with E-state index in [1.807, 2.05) is 13.1 Å². The highest BCUT2D eigenvalue weighted by atomic mass is 16.3. The molecular weight excluding hydrogens is 260 g/mol. The molecule has 0 atom stereocenters. The molecule has 1 aromatic heterocycles. The van der Waals surface area contributed by atoms with Gasteiger partial charge in [0.15, 0.2) is 0 Å². The predicted octanol–water partition coefficient (Wildman–Crippen LogP) is 3.77. The monoisotopic (exact) mass is 286 g/mol. The molecule has 1 aliphatic heterocycles. The highest BCUT2D eigenvalue weighted by Gasteiger charge is 2.27. The normalized spacial score (nSPS) is 19.2. The van der Waals surface area contributed by atoms with Crippen molar-refractivity contribution in [2.75, 3.05) is 20.1 Å². The van der Waals surface area contributed by atoms with Crippen molar-refractivity contribution >= 4 is 11.0 Å². The molecule has 1 aromatic carbocycles. The average molecular weight is 286 g/mol. The maximum Gasteiger partial charge on any atom is 0.134 e. The van der Waals surface area contributed by atoms with Crippen LogP contribution in [0, 0.1) is 5.41 Å². The topological polar surface area (TPSA) is 28.4 Å². The Kier molecular flexibility index (Phi) is 4.05. The summed E-state index contributed by atoms with van der Waals surface area (Å²) in [5, 5.41) is 4.53. The van der Waals surface area contributed by atoms with Gasteiger partial charge in [-0.2, -0.15) is 0 Å². The summed E-state index contributed by atoms with van der Waals surface area (Å²) in [5.41, 5.74) is 2.75. The SMILES string of the molecule is CNCc1c(CN2CCCC(C)(C)C2)oc2ccccc12. The molecule has 0 saturated carbocycles. The molecule has 2 aromatic rings. The highest BCUT2D eigenvalue weighted by Crippen LogP contribution is 2.32. The third-order valence-corrected chi connectivity index (χ3v) is 4.48. The van der Waals surface area contributed by atoms with E-state index in [0.717, 1.165) is 31.0 Å². The molecule has 1 aliphatic rings. The van der Waals surface area contributed by atoms with Crippen molar-refractivity contribution in [1.82, 2.24) is 10.2 Å². The number of para-hydroxylation sites is 1. The minimum atomic E-state index is 0.424. The van der Waals surface area contributed by atoms with E-state index in [1.54, 1.807) is 0 Å². The van der Waals surface area contributed by atoms with Crippen LogP contribution >= 0.6 is 0 Å². The van der Waals surface area contributed by atoms with Crippen LogP contribution in [0.5, 0.6) is 0 Å². The summed E-state index contributed by atoms with van der Waals surface area (Å²) in [7, 11) is 2.00. The Morgan fingerprint density at radius 2 is 2.10 bits per heavy atom. The molecule has 1 fully saturated rings. The van der Waals surface area contributed by atoms with Gasteiger partial charge in [0.2, 0.25) is 0 Å². The lowest BCUT2D eigenvalue weighted by Gasteiger charge is -2.37. The van der Waals surface area contributed by atoms with Gasteiger partial charge in [0.1, 0.15) is 11.3 Å². The van der Waals surface area contributed by atoms with E-state index in [1.165, 1.54) is 30.3 Å². The number of fused-ring (bicyclic) bond motifs is 1. The van der Waals surface area contributed by atoms with Crippen LogP contribution in [0.2, 0.25) is 0 Å². The predicted molar refractivity (Wildman–Crippen MR) is 87.3 cm³/mol. The molecule has 3 nitrogen and oxygen atoms in total. The van der Waals surface area contributed by atoms with E-state index >= 15 is 0 Å². The molecule has 0 bridgehead atoms. The molecule has 0 radical (unpaired) electrons. The first-order chi connectivity index (χ1) is 10.1. The molecule has 1 N–H and O–H groups in total. The van der Waals surface area contributed by atoms with Gasteiger partial charge in [0.05, 0.1) is 6.54 Å². The van der Waals surface area contributed by atoms with Crippen molar-refractivity contribution in [1.29, 1.82) is 0 Å². The molecule has 0 amide bonds. The van der Waals surface area contributed by atoms with Crippen LogP contribution < -0.4 is 5.32 Å². The second kappa shape index (κ2) is 5.82. The summed E-state index contributed by atoms with van der Waals surface area (Å²) in [6.07, 6.45) is 2.61. The number of hydrogen-bond donors (Lipinski definition) is 1. The molecule has 21 heavy (non-hydrogen) atoms. The molecular formula is C18H26N2O. The van der Waals surface area contributed by atoms with E-state index in [0.29, 0.717) is 5.41 Å². The average Bonchev–Trinajstić information content (AvgIpc) is 2.76. The van der Waals surface area contributed by atoms with Crippen molar-refractivity contribution < 1.29 is 4.42 Å². The van der Waals surface area contributed by atoms with E-state index < -0.39 is 0 Å². The third-order valence-electron chi connectivity index (χ3n) is 4.48. The number of hydrogen-bond acceptors (Lipinski definition) is 3. The van der Waals surface area contributed by atoms with Crippen LogP contribution in [0.15, 0.2) is 28.7 Å². The maximum atomic E-state index is 6.14. The fourth-order valence-corrected chi connectivity index (χ4v) is 3.53. The van der Waals surface area contributed by atoms with Crippen LogP contribution in [-0.2, 0) is 13.1 Å². The third kappa shape index (κ3) is 3.14. The highest BCUT2D eigenvalue weighted by molar-refractivity contribution is 5.82. The van der Waals surface area contributed by atoms with Crippen molar-refractivity contribution in [2.24, 2.45) is 5.41 Å². The Balaban J connectivity index is 1.87. The smallest absolute Gasteiger partial charge is 0.134 e. The standard InChI is InChI=1S/C18H26N2O/c1-18(2)9-6-10-20(13-18)12-17-15(11-19-3)14-7-4-5-8-16(14)21-17/h4-5,7-8,19H,6,9-13H2,1-3H3. The summed E-state index contributed by atoms with van der Waals surface area (Å²) in [4.78, 5) is 2.54. The molecule has 3 rings (SSSR count). The molecule has 0 spiro atoms. The van der Waals surface area contributed by atoms with Gasteiger partial charge >= 0.3 is 0 Å². The number of rotatable bonds is 4. The second-order valence-electron chi connectivity index (χ2n) is 7.01. The zero-order valence-corrected chi connectivity index (χ0v) is 13.4. The zero-order chi connectivity index (χ0) is 14.9. The molecule has 2 heterocycles. The molecule has 0 unspecified atom stereocenters. The fourth-order valence-electron chi connectivity index (χ4n) is 3.53. The van der Waals surface area contributed by atoms with E-state index in [2.05, 4.69) is 42.3 Å². The van der Waals surface area contributed by atoms with E-state index in [4.69, 9.17) is 4.42 Å². The number of benzene rings is 1. The van der Waals surface area contributed by atoms with Crippen molar-refractivity contribution in [3.05, 3.63) is 35.6 Å². The Hall–Kier alpha value is -1.32. The lowest BCUT2D eigenvalue weighted by molar-refractivity contribution is 0.105. The summed E-state index contributed by atoms with van der Waals surface area (Å²) >= 11 is 0. The number of nitrogens with zero attached hydrogens (tertiary/aromatic N) is 1. The van der Waals surface area contributed by atoms with Gasteiger partial charge in [-0.1, -0.05) is 32.0 Å². The first-order valence-corrected chi connectivity index (χ1v) is 7.95. The van der Waals surface area contributed by atoms with Gasteiger partial charge in [-0.25, -0.2) is 0 Å². The van der Waals surface area contributed by atoms with Gasteiger partial charge in [-0.15, -0.1) is 0 Å². The Morgan fingerprint density at radius 1 is 1.29 bits per heavy atom. The molecule has 114 valence electrons. The zero-order valence-electron chi connectivity index (χ0n) is 13.4. The van der Waals surface area contributed by atoms with Gasteiger partial charge in [0, 0.05) is 24.0 Å². The quantitative estimate of drug-likeness (QED) is 0.927. The lowest BCUT2D eigenvalue weighted by atomic mass is 9.84. The molecule has 1 saturated heterocycles. The van der Waals surface area contributed by atoms with Gasteiger partial charge in [-0.3, -0.25) is 4.90 Å². The van der Waals surface area contributed by atoms with Crippen molar-refractivity contribution in [3.8, 4) is 0 Å². The first-order valence-electron chi connectivity index (χ1n) is 7.95. The first kappa shape index (κ1) is 14.6. The number of furan rings is 1. The van der Waals surface area contributed by atoms with Gasteiger partial charge in [0.25, 0.3) is 0 Å². The molecule has 3 heteroatoms. The Bertz CT molecular complexity index is 615. The summed E-state index contributed by atoms with van der Waals surface area (Å²) < 4.78 is 6.14. The fraction of sp³-hybridized carbons (Fsp3) is 0.556. The van der Waals surface area contributed by atoms with E-state index in [-0.39, 0.29) is 0 Å². The van der Waals surface area contributed by atoms with Crippen LogP contribution in [0.3, 0.4) is 0 Å². The second-order valence-corrected chi connectivity index (χ2v) is 7.01. The summed E-state index contributed by atoms with van der Waals surface area (Å²) in [5.74, 6) is 1.13. The van der Waals surface area contributed by atoms with Crippen LogP contribution in [0.1, 0.15) is 38.0 Å². The Labute approximate surface area is 127 Å². The number of nitrogens with one attached hydrogen (secondary N) is 1. The number of likely N-dealkylation sites (tertiary alicyclic amines) is 1. The van der Waals surface area contributed by atoms with Gasteiger partial charge in [-0.05, 0) is 37.9 Å². The van der Waals surface area contributed by atoms with Crippen molar-refractivity contribution in [2.45, 2.75) is 39.8 Å². The maximum absolute atomic E-state index is 6.14. The van der Waals surface area contributed by atoms with Crippen molar-refractivity contribution in [3.63, 3.8) is 0 Å². The van der Waals surface area contributed by atoms with Gasteiger partial charge < -0.3 is 9.73 Å². The Morgan fingerprint density at radius 3 is 2.86 bits per heavy atom. The van der Waals surface area contributed by atoms with Crippen LogP contribution in [-0.4, -0.2) is 25.0 Å². The van der Waals surface area contributed by atoms with Crippen LogP contribution in [0.4, 0.5) is 0 Å². The summed E-state index contributed by atoms with van der Waals surface area (Å²) in [6.45, 7) is 8.86. The summed E-state index contributed by atoms with van der Waals surface area (Å²) in [6, 6.07) is 8.36. The largest absolute Gasteiger partial charge is 0.459 e. The molecule has 0 aliphatic carbocycles.